The molecular weight excluding hydrogens is 549 g/mol. The number of carbonyl (C=O) groups excluding carboxylic acids is 2. The van der Waals surface area contributed by atoms with Crippen molar-refractivity contribution in [2.75, 3.05) is 5.32 Å². The molecule has 0 aromatic heterocycles. The molecule has 2 N–H and O–H groups in total. The Morgan fingerprint density at radius 2 is 1.71 bits per heavy atom. The largest absolute Gasteiger partial charge is 0.379 e. The third-order valence-corrected chi connectivity index (χ3v) is 9.31. The molecule has 3 heterocycles. The first-order valence-electron chi connectivity index (χ1n) is 13.0. The molecule has 1 saturated carbocycles. The number of nitrogens with zero attached hydrogens (tertiary/aromatic N) is 1. The van der Waals surface area contributed by atoms with Gasteiger partial charge in [-0.3, -0.25) is 14.9 Å². The lowest BCUT2D eigenvalue weighted by Crippen LogP contribution is -2.54. The van der Waals surface area contributed by atoms with Crippen LogP contribution in [0.4, 0.5) is 5.69 Å². The number of hydrogen-bond donors (Lipinski definition) is 2. The van der Waals surface area contributed by atoms with Gasteiger partial charge in [-0.05, 0) is 71.2 Å². The zero-order valence-electron chi connectivity index (χ0n) is 20.0. The maximum absolute atomic E-state index is 13.2. The second-order valence-electron chi connectivity index (χ2n) is 10.6. The van der Waals surface area contributed by atoms with Crippen LogP contribution < -0.4 is 10.6 Å². The fraction of sp³-hybridized carbons (Fsp3) is 0.448. The molecule has 5 nitrogen and oxygen atoms in total. The summed E-state index contributed by atoms with van der Waals surface area (Å²) >= 11 is 2.42. The number of carbonyl (C=O) groups is 2. The van der Waals surface area contributed by atoms with Crippen molar-refractivity contribution < 1.29 is 9.59 Å². The van der Waals surface area contributed by atoms with E-state index in [1.54, 1.807) is 0 Å². The van der Waals surface area contributed by atoms with Crippen molar-refractivity contribution in [1.29, 1.82) is 0 Å². The Balaban J connectivity index is 1.53. The fourth-order valence-corrected chi connectivity index (χ4v) is 7.65. The van der Waals surface area contributed by atoms with Crippen LogP contribution in [0.3, 0.4) is 0 Å². The van der Waals surface area contributed by atoms with E-state index in [0.29, 0.717) is 12.8 Å². The van der Waals surface area contributed by atoms with Crippen molar-refractivity contribution in [2.24, 2.45) is 0 Å². The van der Waals surface area contributed by atoms with Crippen molar-refractivity contribution in [1.82, 2.24) is 10.2 Å². The second kappa shape index (κ2) is 8.95. The molecule has 182 valence electrons. The number of fused-ring (bicyclic) bond motifs is 2. The molecule has 4 aliphatic rings. The Morgan fingerprint density at radius 3 is 2.49 bits per heavy atom. The first-order valence-corrected chi connectivity index (χ1v) is 14.0. The van der Waals surface area contributed by atoms with E-state index in [-0.39, 0.29) is 29.3 Å². The summed E-state index contributed by atoms with van der Waals surface area (Å²) in [5, 5.41) is 6.65. The summed E-state index contributed by atoms with van der Waals surface area (Å²) in [6, 6.07) is 14.9. The first kappa shape index (κ1) is 23.1. The average Bonchev–Trinajstić information content (AvgIpc) is 3.28. The van der Waals surface area contributed by atoms with E-state index in [9.17, 15) is 9.59 Å². The van der Waals surface area contributed by atoms with Crippen molar-refractivity contribution in [3.05, 3.63) is 69.3 Å². The van der Waals surface area contributed by atoms with Crippen LogP contribution in [-0.2, 0) is 9.59 Å². The number of piperidine rings is 1. The van der Waals surface area contributed by atoms with Crippen LogP contribution in [0.15, 0.2) is 49.0 Å². The molecule has 0 bridgehead atoms. The third kappa shape index (κ3) is 3.79. The monoisotopic (exact) mass is 581 g/mol. The summed E-state index contributed by atoms with van der Waals surface area (Å²) in [5.41, 5.74) is 5.80. The van der Waals surface area contributed by atoms with Gasteiger partial charge in [0.1, 0.15) is 6.04 Å². The zero-order valence-corrected chi connectivity index (χ0v) is 22.1. The van der Waals surface area contributed by atoms with Gasteiger partial charge in [-0.25, -0.2) is 0 Å². The number of benzene rings is 2. The van der Waals surface area contributed by atoms with E-state index in [4.69, 9.17) is 0 Å². The molecule has 1 saturated heterocycles. The van der Waals surface area contributed by atoms with E-state index in [0.717, 1.165) is 24.1 Å². The summed E-state index contributed by atoms with van der Waals surface area (Å²) in [6.45, 7) is 4.51. The summed E-state index contributed by atoms with van der Waals surface area (Å²) in [4.78, 5) is 27.5. The molecule has 6 heteroatoms. The van der Waals surface area contributed by atoms with Gasteiger partial charge in [0, 0.05) is 38.4 Å². The number of halogens is 1. The molecule has 1 spiro atoms. The Bertz CT molecular complexity index is 1200. The lowest BCUT2D eigenvalue weighted by molar-refractivity contribution is -0.137. The molecule has 2 fully saturated rings. The Kier molecular flexibility index (Phi) is 5.90. The van der Waals surface area contributed by atoms with E-state index in [1.165, 1.54) is 52.5 Å². The van der Waals surface area contributed by atoms with Crippen LogP contribution in [0.2, 0.25) is 0 Å². The minimum atomic E-state index is -0.393. The molecule has 2 amide bonds. The number of anilines is 1. The standard InChI is InChI=1S/C29H32IN3O2/c1-18-20-9-5-6-10-21(20)27(33(18)24-13-14-25(34)31-28(24)35)26-22-17-19(30)11-12-23(22)32-29(26)15-7-3-2-4-8-16-29/h5-6,9-12,17,24,26-27,32H,1-4,7-8,13-16H2,(H,31,34,35). The quantitative estimate of drug-likeness (QED) is 0.332. The molecular formula is C29H32IN3O2. The van der Waals surface area contributed by atoms with Gasteiger partial charge in [-0.15, -0.1) is 0 Å². The highest BCUT2D eigenvalue weighted by molar-refractivity contribution is 14.1. The predicted molar refractivity (Wildman–Crippen MR) is 147 cm³/mol. The fourth-order valence-electron chi connectivity index (χ4n) is 7.14. The van der Waals surface area contributed by atoms with E-state index >= 15 is 0 Å². The van der Waals surface area contributed by atoms with Gasteiger partial charge >= 0.3 is 0 Å². The number of nitrogens with one attached hydrogen (secondary N) is 2. The Morgan fingerprint density at radius 1 is 0.971 bits per heavy atom. The van der Waals surface area contributed by atoms with Gasteiger partial charge in [0.15, 0.2) is 0 Å². The molecule has 3 unspecified atom stereocenters. The smallest absolute Gasteiger partial charge is 0.249 e. The summed E-state index contributed by atoms with van der Waals surface area (Å²) in [5.74, 6) is -0.180. The molecule has 6 rings (SSSR count). The maximum Gasteiger partial charge on any atom is 0.249 e. The van der Waals surface area contributed by atoms with Crippen LogP contribution in [-0.4, -0.2) is 28.3 Å². The Hall–Kier alpha value is -2.35. The van der Waals surface area contributed by atoms with Gasteiger partial charge in [0.2, 0.25) is 11.8 Å². The first-order chi connectivity index (χ1) is 17.0. The van der Waals surface area contributed by atoms with Crippen molar-refractivity contribution >= 4 is 45.8 Å². The van der Waals surface area contributed by atoms with Crippen molar-refractivity contribution in [3.63, 3.8) is 0 Å². The summed E-state index contributed by atoms with van der Waals surface area (Å²) in [6.07, 6.45) is 9.42. The normalized spacial score (nSPS) is 27.6. The maximum atomic E-state index is 13.2. The van der Waals surface area contributed by atoms with Crippen LogP contribution in [0, 0.1) is 3.57 Å². The molecule has 35 heavy (non-hydrogen) atoms. The SMILES string of the molecule is C=C1c2ccccc2C(C2c3cc(I)ccc3NC23CCCCCCC3)N1C1CCC(=O)NC1=O. The number of imide groups is 1. The Labute approximate surface area is 220 Å². The van der Waals surface area contributed by atoms with Crippen molar-refractivity contribution in [2.45, 2.75) is 81.3 Å². The van der Waals surface area contributed by atoms with Gasteiger partial charge < -0.3 is 10.2 Å². The highest BCUT2D eigenvalue weighted by Gasteiger charge is 2.55. The predicted octanol–water partition coefficient (Wildman–Crippen LogP) is 6.12. The van der Waals surface area contributed by atoms with E-state index in [1.807, 2.05) is 0 Å². The minimum absolute atomic E-state index is 0.00553. The lowest BCUT2D eigenvalue weighted by atomic mass is 9.69. The number of rotatable bonds is 2. The average molecular weight is 581 g/mol. The van der Waals surface area contributed by atoms with E-state index < -0.39 is 6.04 Å². The summed E-state index contributed by atoms with van der Waals surface area (Å²) in [7, 11) is 0. The summed E-state index contributed by atoms with van der Waals surface area (Å²) < 4.78 is 1.23. The van der Waals surface area contributed by atoms with Gasteiger partial charge in [0.25, 0.3) is 0 Å². The molecule has 3 atom stereocenters. The van der Waals surface area contributed by atoms with Gasteiger partial charge in [-0.1, -0.05) is 62.9 Å². The van der Waals surface area contributed by atoms with Crippen LogP contribution >= 0.6 is 22.6 Å². The highest BCUT2D eigenvalue weighted by Crippen LogP contribution is 2.60. The van der Waals surface area contributed by atoms with Crippen molar-refractivity contribution in [3.8, 4) is 0 Å². The molecule has 0 radical (unpaired) electrons. The lowest BCUT2D eigenvalue weighted by Gasteiger charge is -2.46. The highest BCUT2D eigenvalue weighted by atomic mass is 127. The van der Waals surface area contributed by atoms with Crippen LogP contribution in [0.5, 0.6) is 0 Å². The molecule has 1 aliphatic carbocycles. The number of hydrogen-bond acceptors (Lipinski definition) is 4. The topological polar surface area (TPSA) is 61.4 Å². The molecule has 2 aromatic rings. The van der Waals surface area contributed by atoms with Crippen LogP contribution in [0.1, 0.15) is 86.4 Å². The third-order valence-electron chi connectivity index (χ3n) is 8.64. The van der Waals surface area contributed by atoms with Gasteiger partial charge in [-0.2, -0.15) is 0 Å². The van der Waals surface area contributed by atoms with E-state index in [2.05, 4.69) is 87.2 Å². The number of amides is 2. The second-order valence-corrected chi connectivity index (χ2v) is 11.9. The van der Waals surface area contributed by atoms with Gasteiger partial charge in [0.05, 0.1) is 6.04 Å². The molecule has 3 aliphatic heterocycles. The minimum Gasteiger partial charge on any atom is -0.379 e. The molecule has 2 aromatic carbocycles. The van der Waals surface area contributed by atoms with Crippen LogP contribution in [0.25, 0.3) is 5.70 Å². The zero-order chi connectivity index (χ0) is 24.2.